The molecule has 0 unspecified atom stereocenters. The van der Waals surface area contributed by atoms with Gasteiger partial charge in [-0.3, -0.25) is 0 Å². The molecule has 1 aromatic carbocycles. The second kappa shape index (κ2) is 5.15. The van der Waals surface area contributed by atoms with E-state index in [0.717, 1.165) is 24.5 Å². The zero-order valence-corrected chi connectivity index (χ0v) is 10.5. The van der Waals surface area contributed by atoms with Crippen LogP contribution >= 0.6 is 0 Å². The maximum atomic E-state index is 5.82. The van der Waals surface area contributed by atoms with Crippen LogP contribution in [0.15, 0.2) is 30.5 Å². The van der Waals surface area contributed by atoms with Gasteiger partial charge in [-0.25, -0.2) is 4.98 Å². The summed E-state index contributed by atoms with van der Waals surface area (Å²) in [6.07, 6.45) is 1.87. The van der Waals surface area contributed by atoms with E-state index in [4.69, 9.17) is 5.73 Å². The third kappa shape index (κ3) is 2.11. The summed E-state index contributed by atoms with van der Waals surface area (Å²) in [4.78, 5) is 6.79. The summed E-state index contributed by atoms with van der Waals surface area (Å²) in [5, 5.41) is 2.41. The number of pyridine rings is 1. The van der Waals surface area contributed by atoms with Gasteiger partial charge in [-0.1, -0.05) is 18.2 Å². The molecule has 90 valence electrons. The lowest BCUT2D eigenvalue weighted by molar-refractivity contribution is 0.850. The molecule has 2 aromatic rings. The second-order valence-electron chi connectivity index (χ2n) is 4.03. The summed E-state index contributed by atoms with van der Waals surface area (Å²) >= 11 is 0. The molecule has 3 nitrogen and oxygen atoms in total. The number of hydrogen-bond donors (Lipinski definition) is 1. The van der Waals surface area contributed by atoms with Crippen molar-refractivity contribution in [2.45, 2.75) is 20.4 Å². The largest absolute Gasteiger partial charge is 0.357 e. The summed E-state index contributed by atoms with van der Waals surface area (Å²) in [6, 6.07) is 8.29. The lowest BCUT2D eigenvalue weighted by Crippen LogP contribution is -2.23. The normalized spacial score (nSPS) is 10.8. The Labute approximate surface area is 102 Å². The van der Waals surface area contributed by atoms with E-state index in [1.807, 2.05) is 12.3 Å². The first-order valence-corrected chi connectivity index (χ1v) is 6.13. The van der Waals surface area contributed by atoms with Crippen molar-refractivity contribution in [3.05, 3.63) is 36.0 Å². The molecule has 2 N–H and O–H groups in total. The smallest absolute Gasteiger partial charge is 0.136 e. The zero-order chi connectivity index (χ0) is 12.3. The van der Waals surface area contributed by atoms with Crippen LogP contribution in [0.2, 0.25) is 0 Å². The fourth-order valence-electron chi connectivity index (χ4n) is 2.22. The molecule has 1 heterocycles. The Bertz CT molecular complexity index is 499. The number of nitrogens with two attached hydrogens (primary N) is 1. The van der Waals surface area contributed by atoms with Gasteiger partial charge in [0.25, 0.3) is 0 Å². The minimum atomic E-state index is 0.553. The van der Waals surface area contributed by atoms with E-state index in [1.165, 1.54) is 10.8 Å². The van der Waals surface area contributed by atoms with Crippen LogP contribution in [0, 0.1) is 0 Å². The maximum absolute atomic E-state index is 5.82. The fraction of sp³-hybridized carbons (Fsp3) is 0.357. The third-order valence-corrected chi connectivity index (χ3v) is 3.14. The number of rotatable bonds is 4. The lowest BCUT2D eigenvalue weighted by atomic mass is 10.1. The second-order valence-corrected chi connectivity index (χ2v) is 4.03. The monoisotopic (exact) mass is 229 g/mol. The molecule has 0 fully saturated rings. The van der Waals surface area contributed by atoms with Gasteiger partial charge in [0, 0.05) is 31.2 Å². The topological polar surface area (TPSA) is 42.2 Å². The van der Waals surface area contributed by atoms with Crippen LogP contribution in [0.5, 0.6) is 0 Å². The van der Waals surface area contributed by atoms with E-state index in [2.05, 4.69) is 41.9 Å². The summed E-state index contributed by atoms with van der Waals surface area (Å²) in [6.45, 7) is 6.77. The Hall–Kier alpha value is -1.61. The fourth-order valence-corrected chi connectivity index (χ4v) is 2.22. The van der Waals surface area contributed by atoms with Gasteiger partial charge in [0.1, 0.15) is 5.82 Å². The number of anilines is 1. The predicted octanol–water partition coefficient (Wildman–Crippen LogP) is 2.54. The van der Waals surface area contributed by atoms with E-state index in [-0.39, 0.29) is 0 Å². The molecule has 0 aliphatic heterocycles. The van der Waals surface area contributed by atoms with Crippen molar-refractivity contribution in [2.75, 3.05) is 18.0 Å². The molecule has 2 rings (SSSR count). The van der Waals surface area contributed by atoms with Crippen LogP contribution < -0.4 is 10.6 Å². The highest BCUT2D eigenvalue weighted by Gasteiger charge is 2.10. The lowest BCUT2D eigenvalue weighted by Gasteiger charge is -2.22. The van der Waals surface area contributed by atoms with E-state index in [0.29, 0.717) is 6.54 Å². The standard InChI is InChI=1S/C14H19N3/c1-3-17(4-2)14-13-11(8-9-16-14)6-5-7-12(13)10-15/h5-9H,3-4,10,15H2,1-2H3. The highest BCUT2D eigenvalue weighted by molar-refractivity contribution is 5.95. The van der Waals surface area contributed by atoms with Crippen LogP contribution in [-0.4, -0.2) is 18.1 Å². The van der Waals surface area contributed by atoms with Crippen molar-refractivity contribution in [2.24, 2.45) is 5.73 Å². The first kappa shape index (κ1) is 11.9. The van der Waals surface area contributed by atoms with E-state index in [9.17, 15) is 0 Å². The molecule has 0 bridgehead atoms. The van der Waals surface area contributed by atoms with Crippen LogP contribution in [0.25, 0.3) is 10.8 Å². The summed E-state index contributed by atoms with van der Waals surface area (Å²) in [5.41, 5.74) is 6.99. The Morgan fingerprint density at radius 3 is 2.59 bits per heavy atom. The zero-order valence-electron chi connectivity index (χ0n) is 10.5. The first-order chi connectivity index (χ1) is 8.31. The molecule has 3 heteroatoms. The van der Waals surface area contributed by atoms with Gasteiger partial charge in [0.05, 0.1) is 0 Å². The Kier molecular flexibility index (Phi) is 3.59. The van der Waals surface area contributed by atoms with Gasteiger partial charge in [-0.15, -0.1) is 0 Å². The van der Waals surface area contributed by atoms with Gasteiger partial charge >= 0.3 is 0 Å². The third-order valence-electron chi connectivity index (χ3n) is 3.14. The Balaban J connectivity index is 2.70. The summed E-state index contributed by atoms with van der Waals surface area (Å²) < 4.78 is 0. The molecule has 0 aliphatic carbocycles. The molecule has 0 saturated carbocycles. The van der Waals surface area contributed by atoms with E-state index in [1.54, 1.807) is 0 Å². The predicted molar refractivity (Wildman–Crippen MR) is 73.2 cm³/mol. The van der Waals surface area contributed by atoms with Crippen LogP contribution in [0.1, 0.15) is 19.4 Å². The molecule has 0 radical (unpaired) electrons. The number of fused-ring (bicyclic) bond motifs is 1. The molecule has 0 spiro atoms. The molecule has 0 amide bonds. The van der Waals surface area contributed by atoms with Crippen molar-refractivity contribution >= 4 is 16.6 Å². The summed E-state index contributed by atoms with van der Waals surface area (Å²) in [7, 11) is 0. The van der Waals surface area contributed by atoms with Crippen LogP contribution in [0.3, 0.4) is 0 Å². The van der Waals surface area contributed by atoms with Gasteiger partial charge in [-0.2, -0.15) is 0 Å². The van der Waals surface area contributed by atoms with E-state index < -0.39 is 0 Å². The van der Waals surface area contributed by atoms with Gasteiger partial charge in [0.2, 0.25) is 0 Å². The van der Waals surface area contributed by atoms with Crippen LogP contribution in [-0.2, 0) is 6.54 Å². The van der Waals surface area contributed by atoms with Crippen LogP contribution in [0.4, 0.5) is 5.82 Å². The molecule has 0 atom stereocenters. The average molecular weight is 229 g/mol. The van der Waals surface area contributed by atoms with Crippen molar-refractivity contribution < 1.29 is 0 Å². The van der Waals surface area contributed by atoms with Gasteiger partial charge in [-0.05, 0) is 30.9 Å². The molecule has 0 aliphatic rings. The maximum Gasteiger partial charge on any atom is 0.136 e. The number of benzene rings is 1. The van der Waals surface area contributed by atoms with Crippen molar-refractivity contribution in [1.82, 2.24) is 4.98 Å². The minimum absolute atomic E-state index is 0.553. The van der Waals surface area contributed by atoms with Crippen molar-refractivity contribution in [1.29, 1.82) is 0 Å². The van der Waals surface area contributed by atoms with Crippen molar-refractivity contribution in [3.63, 3.8) is 0 Å². The quantitative estimate of drug-likeness (QED) is 0.876. The minimum Gasteiger partial charge on any atom is -0.357 e. The number of aromatic nitrogens is 1. The average Bonchev–Trinajstić information content (AvgIpc) is 2.39. The molecule has 17 heavy (non-hydrogen) atoms. The SMILES string of the molecule is CCN(CC)c1nccc2cccc(CN)c12. The molecular formula is C14H19N3. The highest BCUT2D eigenvalue weighted by atomic mass is 15.2. The van der Waals surface area contributed by atoms with Crippen molar-refractivity contribution in [3.8, 4) is 0 Å². The van der Waals surface area contributed by atoms with Gasteiger partial charge in [0.15, 0.2) is 0 Å². The van der Waals surface area contributed by atoms with E-state index >= 15 is 0 Å². The molecule has 1 aromatic heterocycles. The number of hydrogen-bond acceptors (Lipinski definition) is 3. The first-order valence-electron chi connectivity index (χ1n) is 6.13. The van der Waals surface area contributed by atoms with Gasteiger partial charge < -0.3 is 10.6 Å². The Morgan fingerprint density at radius 1 is 1.18 bits per heavy atom. The molecular weight excluding hydrogens is 210 g/mol. The number of nitrogens with zero attached hydrogens (tertiary/aromatic N) is 2. The Morgan fingerprint density at radius 2 is 1.94 bits per heavy atom. The summed E-state index contributed by atoms with van der Waals surface area (Å²) in [5.74, 6) is 1.05. The highest BCUT2D eigenvalue weighted by Crippen LogP contribution is 2.27. The molecule has 0 saturated heterocycles.